The average molecular weight is 269 g/mol. The van der Waals surface area contributed by atoms with Crippen LogP contribution in [0.1, 0.15) is 6.92 Å². The summed E-state index contributed by atoms with van der Waals surface area (Å²) in [6.45, 7) is 4.50. The van der Waals surface area contributed by atoms with E-state index in [0.717, 1.165) is 18.8 Å². The number of anilines is 1. The maximum atomic E-state index is 6.03. The molecule has 0 amide bonds. The quantitative estimate of drug-likeness (QED) is 0.823. The van der Waals surface area contributed by atoms with E-state index in [4.69, 9.17) is 21.1 Å². The maximum Gasteiger partial charge on any atom is 0.169 e. The Labute approximate surface area is 112 Å². The minimum atomic E-state index is 0.201. The van der Waals surface area contributed by atoms with Gasteiger partial charge in [0.05, 0.1) is 12.1 Å². The van der Waals surface area contributed by atoms with Crippen molar-refractivity contribution >= 4 is 23.7 Å². The van der Waals surface area contributed by atoms with Crippen LogP contribution in [0.3, 0.4) is 0 Å². The Morgan fingerprint density at radius 1 is 1.56 bits per heavy atom. The van der Waals surface area contributed by atoms with Crippen LogP contribution >= 0.6 is 11.6 Å². The maximum absolute atomic E-state index is 6.03. The largest absolute Gasteiger partial charge is 0.495 e. The second-order valence-electron chi connectivity index (χ2n) is 4.10. The molecule has 1 heterocycles. The Morgan fingerprint density at radius 2 is 2.39 bits per heavy atom. The Balaban J connectivity index is 2.13. The van der Waals surface area contributed by atoms with E-state index < -0.39 is 0 Å². The van der Waals surface area contributed by atoms with Gasteiger partial charge in [-0.1, -0.05) is 11.6 Å². The molecule has 4 nitrogen and oxygen atoms in total. The third kappa shape index (κ3) is 2.88. The lowest BCUT2D eigenvalue weighted by Gasteiger charge is -2.25. The molecule has 0 aliphatic carbocycles. The lowest BCUT2D eigenvalue weighted by molar-refractivity contribution is 0.328. The molecule has 1 aromatic rings. The van der Waals surface area contributed by atoms with Gasteiger partial charge >= 0.3 is 0 Å². The number of rotatable bonds is 5. The van der Waals surface area contributed by atoms with Gasteiger partial charge in [-0.25, -0.2) is 4.99 Å². The van der Waals surface area contributed by atoms with Gasteiger partial charge in [-0.05, 0) is 19.1 Å². The van der Waals surface area contributed by atoms with Crippen LogP contribution in [0.5, 0.6) is 5.75 Å². The molecule has 0 saturated carbocycles. The number of benzene rings is 1. The van der Waals surface area contributed by atoms with Gasteiger partial charge in [0.15, 0.2) is 6.40 Å². The first kappa shape index (κ1) is 13.0. The molecule has 0 spiro atoms. The van der Waals surface area contributed by atoms with Crippen molar-refractivity contribution < 1.29 is 9.47 Å². The fraction of sp³-hybridized carbons (Fsp3) is 0.462. The number of hydrogen-bond donors (Lipinski definition) is 0. The Kier molecular flexibility index (Phi) is 4.31. The second kappa shape index (κ2) is 5.96. The van der Waals surface area contributed by atoms with Crippen molar-refractivity contribution in [2.24, 2.45) is 4.99 Å². The van der Waals surface area contributed by atoms with Gasteiger partial charge in [-0.2, -0.15) is 0 Å². The van der Waals surface area contributed by atoms with Crippen LogP contribution in [0.2, 0.25) is 5.02 Å². The zero-order valence-corrected chi connectivity index (χ0v) is 11.4. The van der Waals surface area contributed by atoms with Gasteiger partial charge in [0.1, 0.15) is 18.4 Å². The van der Waals surface area contributed by atoms with E-state index in [-0.39, 0.29) is 6.04 Å². The first-order valence-electron chi connectivity index (χ1n) is 5.96. The summed E-state index contributed by atoms with van der Waals surface area (Å²) in [5.41, 5.74) is 1.08. The topological polar surface area (TPSA) is 34.1 Å². The molecule has 1 aliphatic heterocycles. The summed E-state index contributed by atoms with van der Waals surface area (Å²) in [7, 11) is 1.62. The molecule has 0 radical (unpaired) electrons. The van der Waals surface area contributed by atoms with Gasteiger partial charge in [0, 0.05) is 24.8 Å². The van der Waals surface area contributed by atoms with E-state index in [9.17, 15) is 0 Å². The van der Waals surface area contributed by atoms with E-state index in [1.807, 2.05) is 18.2 Å². The van der Waals surface area contributed by atoms with E-state index in [0.29, 0.717) is 17.4 Å². The minimum absolute atomic E-state index is 0.201. The summed E-state index contributed by atoms with van der Waals surface area (Å²) in [5, 5.41) is 0.625. The molecule has 1 aliphatic rings. The molecule has 1 unspecified atom stereocenters. The van der Waals surface area contributed by atoms with Crippen LogP contribution in [-0.2, 0) is 4.74 Å². The standard InChI is InChI=1S/C13H17ClN2O2/c1-3-16(7-10-8-18-9-15-10)11-4-5-12(14)13(6-11)17-2/h4-6,9-10H,3,7-8H2,1-2H3. The molecule has 1 aromatic carbocycles. The first-order chi connectivity index (χ1) is 8.74. The zero-order chi connectivity index (χ0) is 13.0. The van der Waals surface area contributed by atoms with Crippen molar-refractivity contribution in [3.63, 3.8) is 0 Å². The predicted molar refractivity (Wildman–Crippen MR) is 74.1 cm³/mol. The smallest absolute Gasteiger partial charge is 0.169 e. The third-order valence-corrected chi connectivity index (χ3v) is 3.26. The molecular formula is C13H17ClN2O2. The Hall–Kier alpha value is -1.42. The summed E-state index contributed by atoms with van der Waals surface area (Å²) in [6, 6.07) is 6.00. The molecule has 98 valence electrons. The van der Waals surface area contributed by atoms with Crippen molar-refractivity contribution in [2.45, 2.75) is 13.0 Å². The Bertz CT molecular complexity index is 437. The van der Waals surface area contributed by atoms with Gasteiger partial charge in [0.2, 0.25) is 0 Å². The Morgan fingerprint density at radius 3 is 3.00 bits per heavy atom. The van der Waals surface area contributed by atoms with E-state index in [2.05, 4.69) is 16.8 Å². The zero-order valence-electron chi connectivity index (χ0n) is 10.6. The van der Waals surface area contributed by atoms with Gasteiger partial charge in [-0.15, -0.1) is 0 Å². The SMILES string of the molecule is CCN(CC1COC=N1)c1ccc(Cl)c(OC)c1. The van der Waals surface area contributed by atoms with E-state index in [1.54, 1.807) is 7.11 Å². The number of ether oxygens (including phenoxy) is 2. The minimum Gasteiger partial charge on any atom is -0.495 e. The monoisotopic (exact) mass is 268 g/mol. The molecule has 2 rings (SSSR count). The lowest BCUT2D eigenvalue weighted by atomic mass is 10.2. The number of methoxy groups -OCH3 is 1. The van der Waals surface area contributed by atoms with Gasteiger partial charge in [0.25, 0.3) is 0 Å². The second-order valence-corrected chi connectivity index (χ2v) is 4.51. The molecule has 0 bridgehead atoms. The molecule has 0 N–H and O–H groups in total. The molecule has 18 heavy (non-hydrogen) atoms. The van der Waals surface area contributed by atoms with E-state index >= 15 is 0 Å². The first-order valence-corrected chi connectivity index (χ1v) is 6.34. The van der Waals surface area contributed by atoms with Gasteiger partial charge < -0.3 is 14.4 Å². The van der Waals surface area contributed by atoms with Crippen LogP contribution in [0.15, 0.2) is 23.2 Å². The number of halogens is 1. The van der Waals surface area contributed by atoms with Crippen molar-refractivity contribution in [2.75, 3.05) is 31.7 Å². The highest BCUT2D eigenvalue weighted by atomic mass is 35.5. The van der Waals surface area contributed by atoms with Crippen molar-refractivity contribution in [3.05, 3.63) is 23.2 Å². The number of likely N-dealkylation sites (N-methyl/N-ethyl adjacent to an activating group) is 1. The predicted octanol–water partition coefficient (Wildman–Crippen LogP) is 2.60. The van der Waals surface area contributed by atoms with Crippen LogP contribution in [0.4, 0.5) is 5.69 Å². The van der Waals surface area contributed by atoms with Crippen molar-refractivity contribution in [1.29, 1.82) is 0 Å². The normalized spacial score (nSPS) is 17.6. The highest BCUT2D eigenvalue weighted by Crippen LogP contribution is 2.29. The summed E-state index contributed by atoms with van der Waals surface area (Å²) < 4.78 is 10.4. The van der Waals surface area contributed by atoms with Gasteiger partial charge in [-0.3, -0.25) is 0 Å². The molecule has 5 heteroatoms. The van der Waals surface area contributed by atoms with Crippen LogP contribution in [0, 0.1) is 0 Å². The highest BCUT2D eigenvalue weighted by molar-refractivity contribution is 6.32. The number of nitrogens with zero attached hydrogens (tertiary/aromatic N) is 2. The van der Waals surface area contributed by atoms with Crippen LogP contribution in [-0.4, -0.2) is 39.2 Å². The van der Waals surface area contributed by atoms with Crippen molar-refractivity contribution in [1.82, 2.24) is 0 Å². The fourth-order valence-corrected chi connectivity index (χ4v) is 2.14. The molecule has 0 saturated heterocycles. The van der Waals surface area contributed by atoms with E-state index in [1.165, 1.54) is 6.40 Å². The number of aliphatic imine (C=N–C) groups is 1. The van der Waals surface area contributed by atoms with Crippen LogP contribution in [0.25, 0.3) is 0 Å². The number of hydrogen-bond acceptors (Lipinski definition) is 4. The average Bonchev–Trinajstić information content (AvgIpc) is 2.89. The summed E-state index contributed by atoms with van der Waals surface area (Å²) in [6.07, 6.45) is 1.53. The summed E-state index contributed by atoms with van der Waals surface area (Å²) in [5.74, 6) is 0.693. The molecular weight excluding hydrogens is 252 g/mol. The summed E-state index contributed by atoms with van der Waals surface area (Å²) in [4.78, 5) is 6.49. The lowest BCUT2D eigenvalue weighted by Crippen LogP contribution is -2.32. The molecule has 0 aromatic heterocycles. The fourth-order valence-electron chi connectivity index (χ4n) is 1.94. The third-order valence-electron chi connectivity index (χ3n) is 2.95. The van der Waals surface area contributed by atoms with Crippen molar-refractivity contribution in [3.8, 4) is 5.75 Å². The highest BCUT2D eigenvalue weighted by Gasteiger charge is 2.17. The summed E-state index contributed by atoms with van der Waals surface area (Å²) >= 11 is 6.03. The van der Waals surface area contributed by atoms with Crippen LogP contribution < -0.4 is 9.64 Å². The molecule has 0 fully saturated rings. The molecule has 1 atom stereocenters.